The second-order valence-electron chi connectivity index (χ2n) is 8.44. The largest absolute Gasteiger partial charge is 0.419 e. The number of hydrogen-bond acceptors (Lipinski definition) is 5. The van der Waals surface area contributed by atoms with Crippen LogP contribution >= 0.6 is 12.2 Å². The summed E-state index contributed by atoms with van der Waals surface area (Å²) >= 11 is 5.51. The maximum atomic E-state index is 14.9. The Kier molecular flexibility index (Phi) is 6.23. The van der Waals surface area contributed by atoms with E-state index < -0.39 is 40.6 Å². The predicted molar refractivity (Wildman–Crippen MR) is 122 cm³/mol. The smallest absolute Gasteiger partial charge is 0.370 e. The van der Waals surface area contributed by atoms with Gasteiger partial charge in [-0.3, -0.25) is 14.5 Å². The summed E-state index contributed by atoms with van der Waals surface area (Å²) in [4.78, 5) is 30.4. The first-order valence-electron chi connectivity index (χ1n) is 10.7. The van der Waals surface area contributed by atoms with E-state index in [1.807, 2.05) is 0 Å². The van der Waals surface area contributed by atoms with Crippen molar-refractivity contribution in [1.29, 1.82) is 5.26 Å². The molecule has 2 aromatic rings. The predicted octanol–water partition coefficient (Wildman–Crippen LogP) is 3.98. The minimum Gasteiger partial charge on any atom is -0.370 e. The van der Waals surface area contributed by atoms with E-state index in [2.05, 4.69) is 4.98 Å². The SMILES string of the molecule is N#Cc1ncc(N2C(=O)C3(CCC3)N(c3ccc(CCCC(N)=O)c(F)c3)C2=S)cc1C(F)(F)F. The van der Waals surface area contributed by atoms with Crippen LogP contribution < -0.4 is 15.5 Å². The van der Waals surface area contributed by atoms with Gasteiger partial charge in [0.15, 0.2) is 10.8 Å². The van der Waals surface area contributed by atoms with Gasteiger partial charge in [-0.1, -0.05) is 6.07 Å². The number of thiocarbonyl (C=S) groups is 1. The molecule has 2 N–H and O–H groups in total. The van der Waals surface area contributed by atoms with E-state index in [4.69, 9.17) is 23.2 Å². The molecule has 4 rings (SSSR count). The van der Waals surface area contributed by atoms with Crippen LogP contribution in [0.4, 0.5) is 28.9 Å². The molecule has 1 aliphatic heterocycles. The fourth-order valence-corrected chi connectivity index (χ4v) is 4.89. The van der Waals surface area contributed by atoms with E-state index in [0.717, 1.165) is 11.1 Å². The first kappa shape index (κ1) is 24.5. The molecule has 2 aliphatic rings. The van der Waals surface area contributed by atoms with Crippen LogP contribution in [0.15, 0.2) is 30.5 Å². The second-order valence-corrected chi connectivity index (χ2v) is 8.80. The van der Waals surface area contributed by atoms with Gasteiger partial charge < -0.3 is 10.6 Å². The van der Waals surface area contributed by atoms with Crippen LogP contribution in [0.1, 0.15) is 48.9 Å². The van der Waals surface area contributed by atoms with Gasteiger partial charge in [-0.2, -0.15) is 18.4 Å². The Morgan fingerprint density at radius 2 is 1.97 bits per heavy atom. The summed E-state index contributed by atoms with van der Waals surface area (Å²) in [7, 11) is 0. The number of benzene rings is 1. The van der Waals surface area contributed by atoms with Crippen molar-refractivity contribution in [2.75, 3.05) is 9.80 Å². The highest BCUT2D eigenvalue weighted by Gasteiger charge is 2.59. The van der Waals surface area contributed by atoms with Gasteiger partial charge in [-0.25, -0.2) is 9.37 Å². The van der Waals surface area contributed by atoms with Crippen molar-refractivity contribution in [2.24, 2.45) is 5.73 Å². The molecule has 1 saturated heterocycles. The molecule has 1 aromatic carbocycles. The third-order valence-electron chi connectivity index (χ3n) is 6.30. The molecule has 1 spiro atoms. The number of pyridine rings is 1. The molecule has 2 heterocycles. The molecule has 2 amide bonds. The monoisotopic (exact) mass is 505 g/mol. The van der Waals surface area contributed by atoms with E-state index in [1.54, 1.807) is 6.07 Å². The lowest BCUT2D eigenvalue weighted by atomic mass is 9.75. The number of halogens is 4. The summed E-state index contributed by atoms with van der Waals surface area (Å²) in [5.41, 5.74) is 2.32. The molecule has 1 aromatic heterocycles. The summed E-state index contributed by atoms with van der Waals surface area (Å²) in [5.74, 6) is -1.57. The molecule has 35 heavy (non-hydrogen) atoms. The third kappa shape index (κ3) is 4.20. The molecule has 182 valence electrons. The molecule has 0 unspecified atom stereocenters. The van der Waals surface area contributed by atoms with Crippen molar-refractivity contribution < 1.29 is 27.2 Å². The van der Waals surface area contributed by atoms with Crippen LogP contribution in [0.3, 0.4) is 0 Å². The minimum atomic E-state index is -4.86. The molecule has 0 bridgehead atoms. The van der Waals surface area contributed by atoms with E-state index >= 15 is 0 Å². The third-order valence-corrected chi connectivity index (χ3v) is 6.66. The van der Waals surface area contributed by atoms with E-state index in [1.165, 1.54) is 23.1 Å². The first-order chi connectivity index (χ1) is 16.5. The number of amides is 2. The summed E-state index contributed by atoms with van der Waals surface area (Å²) in [6.07, 6.45) is -1.63. The normalized spacial score (nSPS) is 17.0. The molecular weight excluding hydrogens is 486 g/mol. The van der Waals surface area contributed by atoms with Gasteiger partial charge in [-0.05, 0) is 68.1 Å². The van der Waals surface area contributed by atoms with Crippen LogP contribution in [0.5, 0.6) is 0 Å². The number of anilines is 2. The van der Waals surface area contributed by atoms with Crippen LogP contribution in [0.2, 0.25) is 0 Å². The Labute approximate surface area is 203 Å². The molecule has 1 aliphatic carbocycles. The molecule has 12 heteroatoms. The number of alkyl halides is 3. The summed E-state index contributed by atoms with van der Waals surface area (Å²) in [5, 5.41) is 8.91. The van der Waals surface area contributed by atoms with Crippen molar-refractivity contribution in [1.82, 2.24) is 4.98 Å². The topological polar surface area (TPSA) is 103 Å². The number of primary amides is 1. The Balaban J connectivity index is 1.70. The van der Waals surface area contributed by atoms with Gasteiger partial charge in [0.05, 0.1) is 17.4 Å². The first-order valence-corrected chi connectivity index (χ1v) is 11.1. The lowest BCUT2D eigenvalue weighted by Gasteiger charge is -2.43. The lowest BCUT2D eigenvalue weighted by Crippen LogP contribution is -2.55. The Morgan fingerprint density at radius 3 is 2.51 bits per heavy atom. The number of nitriles is 1. The highest BCUT2D eigenvalue weighted by Crippen LogP contribution is 2.48. The van der Waals surface area contributed by atoms with Gasteiger partial charge in [-0.15, -0.1) is 0 Å². The molecule has 0 radical (unpaired) electrons. The number of aromatic nitrogens is 1. The number of nitrogens with zero attached hydrogens (tertiary/aromatic N) is 4. The number of rotatable bonds is 6. The zero-order valence-corrected chi connectivity index (χ0v) is 19.0. The Bertz CT molecular complexity index is 1270. The number of carbonyl (C=O) groups is 2. The quantitative estimate of drug-likeness (QED) is 0.471. The Morgan fingerprint density at radius 1 is 1.26 bits per heavy atom. The minimum absolute atomic E-state index is 0.102. The molecule has 2 fully saturated rings. The van der Waals surface area contributed by atoms with Gasteiger partial charge >= 0.3 is 6.18 Å². The van der Waals surface area contributed by atoms with Crippen molar-refractivity contribution in [3.8, 4) is 6.07 Å². The molecular formula is C23H19F4N5O2S. The number of aryl methyl sites for hydroxylation is 1. The fourth-order valence-electron chi connectivity index (χ4n) is 4.42. The van der Waals surface area contributed by atoms with Crippen molar-refractivity contribution >= 4 is 40.5 Å². The second kappa shape index (κ2) is 8.88. The van der Waals surface area contributed by atoms with Crippen LogP contribution in [0, 0.1) is 17.1 Å². The van der Waals surface area contributed by atoms with E-state index in [9.17, 15) is 27.2 Å². The van der Waals surface area contributed by atoms with Gasteiger partial charge in [0.25, 0.3) is 5.91 Å². The molecule has 7 nitrogen and oxygen atoms in total. The maximum absolute atomic E-state index is 14.9. The number of nitrogens with two attached hydrogens (primary N) is 1. The fraction of sp³-hybridized carbons (Fsp3) is 0.348. The number of hydrogen-bond donors (Lipinski definition) is 1. The summed E-state index contributed by atoms with van der Waals surface area (Å²) in [6.45, 7) is 0. The average molecular weight is 505 g/mol. The molecule has 0 atom stereocenters. The van der Waals surface area contributed by atoms with Crippen LogP contribution in [0.25, 0.3) is 0 Å². The summed E-state index contributed by atoms with van der Waals surface area (Å²) < 4.78 is 55.3. The van der Waals surface area contributed by atoms with Crippen molar-refractivity contribution in [3.05, 3.63) is 53.1 Å². The van der Waals surface area contributed by atoms with E-state index in [-0.39, 0.29) is 23.6 Å². The maximum Gasteiger partial charge on any atom is 0.419 e. The Hall–Kier alpha value is -3.59. The summed E-state index contributed by atoms with van der Waals surface area (Å²) in [6, 6.07) is 6.41. The van der Waals surface area contributed by atoms with Crippen molar-refractivity contribution in [2.45, 2.75) is 50.2 Å². The van der Waals surface area contributed by atoms with Crippen LogP contribution in [-0.4, -0.2) is 27.4 Å². The van der Waals surface area contributed by atoms with Crippen molar-refractivity contribution in [3.63, 3.8) is 0 Å². The molecule has 1 saturated carbocycles. The average Bonchev–Trinajstić information content (AvgIpc) is 3.00. The van der Waals surface area contributed by atoms with E-state index in [0.29, 0.717) is 43.0 Å². The lowest BCUT2D eigenvalue weighted by molar-refractivity contribution is -0.138. The highest BCUT2D eigenvalue weighted by atomic mass is 32.1. The number of carbonyl (C=O) groups excluding carboxylic acids is 2. The zero-order valence-electron chi connectivity index (χ0n) is 18.2. The standard InChI is InChI=1S/C23H19F4N5O2S/c24-17-10-14(6-5-13(17)3-1-4-19(29)33)32-21(35)31(20(34)22(32)7-2-8-22)15-9-16(23(25,26)27)18(11-28)30-12-15/h5-6,9-10,12H,1-4,7-8H2,(H2,29,33). The zero-order chi connectivity index (χ0) is 25.5. The van der Waals surface area contributed by atoms with Crippen LogP contribution in [-0.2, 0) is 22.2 Å². The van der Waals surface area contributed by atoms with Gasteiger partial charge in [0.2, 0.25) is 5.91 Å². The van der Waals surface area contributed by atoms with Gasteiger partial charge in [0.1, 0.15) is 17.4 Å². The highest BCUT2D eigenvalue weighted by molar-refractivity contribution is 7.81. The van der Waals surface area contributed by atoms with Gasteiger partial charge in [0, 0.05) is 12.1 Å².